The SMILES string of the molecule is Cc1cccc(COc2ccccc2/C=C2/SC(=O)N(CC(=O)N3CCc4ccccc4C3)C2=O)c1. The van der Waals surface area contributed by atoms with Gasteiger partial charge in [0.1, 0.15) is 18.9 Å². The summed E-state index contributed by atoms with van der Waals surface area (Å²) in [5.74, 6) is -0.0620. The monoisotopic (exact) mass is 498 g/mol. The standard InChI is InChI=1S/C29H26N2O4S/c1-20-7-6-8-21(15-20)19-35-25-12-5-4-10-23(25)16-26-28(33)31(29(34)36-26)18-27(32)30-14-13-22-9-2-3-11-24(22)17-30/h2-12,15-16H,13-14,17-19H2,1H3/b26-16+. The van der Waals surface area contributed by atoms with Crippen LogP contribution in [-0.2, 0) is 29.2 Å². The van der Waals surface area contributed by atoms with E-state index in [-0.39, 0.29) is 17.4 Å². The summed E-state index contributed by atoms with van der Waals surface area (Å²) in [7, 11) is 0. The third-order valence-electron chi connectivity index (χ3n) is 6.33. The number of rotatable bonds is 6. The molecule has 36 heavy (non-hydrogen) atoms. The maximum absolute atomic E-state index is 13.1. The molecule has 7 heteroatoms. The summed E-state index contributed by atoms with van der Waals surface area (Å²) in [4.78, 5) is 41.7. The first-order chi connectivity index (χ1) is 17.5. The highest BCUT2D eigenvalue weighted by atomic mass is 32.2. The molecule has 2 aliphatic rings. The van der Waals surface area contributed by atoms with Crippen LogP contribution in [0.4, 0.5) is 4.79 Å². The first-order valence-corrected chi connectivity index (χ1v) is 12.7. The van der Waals surface area contributed by atoms with Crippen LogP contribution >= 0.6 is 11.8 Å². The Morgan fingerprint density at radius 1 is 1.00 bits per heavy atom. The van der Waals surface area contributed by atoms with Gasteiger partial charge in [0.05, 0.1) is 4.91 Å². The Balaban J connectivity index is 1.27. The first kappa shape index (κ1) is 23.9. The molecule has 1 fully saturated rings. The summed E-state index contributed by atoms with van der Waals surface area (Å²) in [6, 6.07) is 23.5. The van der Waals surface area contributed by atoms with E-state index in [1.165, 1.54) is 5.56 Å². The molecule has 0 aromatic heterocycles. The van der Waals surface area contributed by atoms with Crippen molar-refractivity contribution in [3.8, 4) is 5.75 Å². The van der Waals surface area contributed by atoms with Crippen molar-refractivity contribution in [2.75, 3.05) is 13.1 Å². The van der Waals surface area contributed by atoms with Gasteiger partial charge in [-0.2, -0.15) is 0 Å². The average molecular weight is 499 g/mol. The zero-order valence-corrected chi connectivity index (χ0v) is 20.8. The fourth-order valence-electron chi connectivity index (χ4n) is 4.42. The summed E-state index contributed by atoms with van der Waals surface area (Å²) >= 11 is 0.851. The molecule has 0 N–H and O–H groups in total. The van der Waals surface area contributed by atoms with Crippen LogP contribution in [0.25, 0.3) is 6.08 Å². The van der Waals surface area contributed by atoms with E-state index in [0.717, 1.165) is 39.8 Å². The van der Waals surface area contributed by atoms with Crippen LogP contribution in [0.2, 0.25) is 0 Å². The van der Waals surface area contributed by atoms with Crippen molar-refractivity contribution >= 4 is 34.9 Å². The number of carbonyl (C=O) groups is 3. The number of ether oxygens (including phenoxy) is 1. The van der Waals surface area contributed by atoms with Crippen molar-refractivity contribution in [2.24, 2.45) is 0 Å². The number of aryl methyl sites for hydroxylation is 1. The van der Waals surface area contributed by atoms with E-state index in [0.29, 0.717) is 31.0 Å². The molecule has 0 aliphatic carbocycles. The van der Waals surface area contributed by atoms with E-state index in [1.54, 1.807) is 11.0 Å². The lowest BCUT2D eigenvalue weighted by molar-refractivity contribution is -0.136. The van der Waals surface area contributed by atoms with Gasteiger partial charge in [-0.05, 0) is 53.9 Å². The maximum atomic E-state index is 13.1. The van der Waals surface area contributed by atoms with Gasteiger partial charge in [-0.3, -0.25) is 19.3 Å². The molecular formula is C29H26N2O4S. The summed E-state index contributed by atoms with van der Waals surface area (Å²) in [5, 5.41) is -0.435. The lowest BCUT2D eigenvalue weighted by Crippen LogP contribution is -2.44. The molecule has 3 aromatic rings. The van der Waals surface area contributed by atoms with Crippen molar-refractivity contribution in [3.63, 3.8) is 0 Å². The lowest BCUT2D eigenvalue weighted by Gasteiger charge is -2.29. The number of para-hydroxylation sites is 1. The molecule has 0 spiro atoms. The maximum Gasteiger partial charge on any atom is 0.294 e. The van der Waals surface area contributed by atoms with Crippen LogP contribution in [0.1, 0.15) is 27.8 Å². The number of imide groups is 1. The van der Waals surface area contributed by atoms with E-state index < -0.39 is 11.1 Å². The van der Waals surface area contributed by atoms with E-state index in [2.05, 4.69) is 12.1 Å². The Labute approximate surface area is 214 Å². The van der Waals surface area contributed by atoms with E-state index in [9.17, 15) is 14.4 Å². The lowest BCUT2D eigenvalue weighted by atomic mass is 10.00. The van der Waals surface area contributed by atoms with Crippen LogP contribution in [0.5, 0.6) is 5.75 Å². The molecule has 0 bridgehead atoms. The van der Waals surface area contributed by atoms with Gasteiger partial charge in [-0.15, -0.1) is 0 Å². The van der Waals surface area contributed by atoms with Gasteiger partial charge in [-0.25, -0.2) is 0 Å². The number of carbonyl (C=O) groups excluding carboxylic acids is 3. The second kappa shape index (κ2) is 10.4. The quantitative estimate of drug-likeness (QED) is 0.438. The topological polar surface area (TPSA) is 66.9 Å². The zero-order chi connectivity index (χ0) is 25.1. The van der Waals surface area contributed by atoms with Gasteiger partial charge in [0.25, 0.3) is 11.1 Å². The Bertz CT molecular complexity index is 1370. The van der Waals surface area contributed by atoms with Crippen molar-refractivity contribution in [1.82, 2.24) is 9.80 Å². The van der Waals surface area contributed by atoms with Crippen LogP contribution in [-0.4, -0.2) is 39.9 Å². The second-order valence-electron chi connectivity index (χ2n) is 8.92. The van der Waals surface area contributed by atoms with Gasteiger partial charge >= 0.3 is 0 Å². The summed E-state index contributed by atoms with van der Waals surface area (Å²) in [6.07, 6.45) is 2.43. The van der Waals surface area contributed by atoms with Gasteiger partial charge in [0, 0.05) is 18.7 Å². The van der Waals surface area contributed by atoms with Crippen LogP contribution in [0, 0.1) is 6.92 Å². The number of benzene rings is 3. The number of thioether (sulfide) groups is 1. The van der Waals surface area contributed by atoms with Crippen LogP contribution in [0.3, 0.4) is 0 Å². The van der Waals surface area contributed by atoms with E-state index in [4.69, 9.17) is 4.74 Å². The minimum Gasteiger partial charge on any atom is -0.488 e. The minimum absolute atomic E-state index is 0.227. The molecule has 2 aliphatic heterocycles. The molecule has 6 nitrogen and oxygen atoms in total. The van der Waals surface area contributed by atoms with Crippen LogP contribution < -0.4 is 4.74 Å². The van der Waals surface area contributed by atoms with E-state index >= 15 is 0 Å². The first-order valence-electron chi connectivity index (χ1n) is 11.9. The minimum atomic E-state index is -0.454. The molecule has 2 heterocycles. The Morgan fingerprint density at radius 3 is 2.61 bits per heavy atom. The largest absolute Gasteiger partial charge is 0.488 e. The number of hydrogen-bond donors (Lipinski definition) is 0. The Kier molecular flexibility index (Phi) is 6.91. The zero-order valence-electron chi connectivity index (χ0n) is 20.0. The van der Waals surface area contributed by atoms with Gasteiger partial charge in [0.15, 0.2) is 0 Å². The Hall–Kier alpha value is -3.84. The summed E-state index contributed by atoms with van der Waals surface area (Å²) in [6.45, 7) is 3.24. The predicted molar refractivity (Wildman–Crippen MR) is 140 cm³/mol. The number of fused-ring (bicyclic) bond motifs is 1. The molecule has 1 saturated heterocycles. The molecule has 3 aromatic carbocycles. The molecule has 182 valence electrons. The number of amides is 3. The van der Waals surface area contributed by atoms with Crippen molar-refractivity contribution < 1.29 is 19.1 Å². The third kappa shape index (κ3) is 5.21. The van der Waals surface area contributed by atoms with Crippen molar-refractivity contribution in [2.45, 2.75) is 26.5 Å². The highest BCUT2D eigenvalue weighted by Crippen LogP contribution is 2.34. The fourth-order valence-corrected chi connectivity index (χ4v) is 5.24. The highest BCUT2D eigenvalue weighted by Gasteiger charge is 2.37. The molecule has 0 radical (unpaired) electrons. The van der Waals surface area contributed by atoms with Crippen LogP contribution in [0.15, 0.2) is 77.7 Å². The predicted octanol–water partition coefficient (Wildman–Crippen LogP) is 5.20. The highest BCUT2D eigenvalue weighted by molar-refractivity contribution is 8.18. The van der Waals surface area contributed by atoms with Crippen molar-refractivity contribution in [1.29, 1.82) is 0 Å². The normalized spacial score (nSPS) is 16.4. The molecular weight excluding hydrogens is 472 g/mol. The fraction of sp³-hybridized carbons (Fsp3) is 0.207. The average Bonchev–Trinajstić information content (AvgIpc) is 3.15. The molecule has 0 saturated carbocycles. The third-order valence-corrected chi connectivity index (χ3v) is 7.24. The molecule has 0 unspecified atom stereocenters. The van der Waals surface area contributed by atoms with Gasteiger partial charge in [-0.1, -0.05) is 72.3 Å². The Morgan fingerprint density at radius 2 is 1.78 bits per heavy atom. The number of hydrogen-bond acceptors (Lipinski definition) is 5. The number of nitrogens with zero attached hydrogens (tertiary/aromatic N) is 2. The van der Waals surface area contributed by atoms with Gasteiger partial charge in [0.2, 0.25) is 5.91 Å². The van der Waals surface area contributed by atoms with Crippen molar-refractivity contribution in [3.05, 3.63) is 106 Å². The molecule has 3 amide bonds. The summed E-state index contributed by atoms with van der Waals surface area (Å²) in [5.41, 5.74) is 5.24. The summed E-state index contributed by atoms with van der Waals surface area (Å²) < 4.78 is 6.03. The second-order valence-corrected chi connectivity index (χ2v) is 9.91. The molecule has 5 rings (SSSR count). The van der Waals surface area contributed by atoms with E-state index in [1.807, 2.05) is 67.6 Å². The smallest absolute Gasteiger partial charge is 0.294 e. The van der Waals surface area contributed by atoms with Gasteiger partial charge < -0.3 is 9.64 Å². The molecule has 0 atom stereocenters.